The van der Waals surface area contributed by atoms with E-state index in [2.05, 4.69) is 16.0 Å². The molecule has 0 unspecified atom stereocenters. The molecule has 0 radical (unpaired) electrons. The van der Waals surface area contributed by atoms with Crippen molar-refractivity contribution in [2.75, 3.05) is 29.9 Å². The second-order valence-electron chi connectivity index (χ2n) is 7.53. The van der Waals surface area contributed by atoms with Crippen molar-refractivity contribution in [2.45, 2.75) is 45.3 Å². The molecule has 0 bridgehead atoms. The van der Waals surface area contributed by atoms with E-state index in [4.69, 9.17) is 0 Å². The first-order valence-corrected chi connectivity index (χ1v) is 8.78. The SMILES string of the molecule is CC(C)(C)NC(=O)NC(=O)CNc1cc(C(F)(F)F)ccc1N1CCCC1. The summed E-state index contributed by atoms with van der Waals surface area (Å²) in [5, 5.41) is 7.47. The van der Waals surface area contributed by atoms with Gasteiger partial charge < -0.3 is 15.5 Å². The third kappa shape index (κ3) is 6.33. The number of imide groups is 1. The molecule has 9 heteroatoms. The topological polar surface area (TPSA) is 73.5 Å². The zero-order chi connectivity index (χ0) is 20.2. The van der Waals surface area contributed by atoms with E-state index >= 15 is 0 Å². The molecule has 27 heavy (non-hydrogen) atoms. The summed E-state index contributed by atoms with van der Waals surface area (Å²) in [6.07, 6.45) is -2.54. The van der Waals surface area contributed by atoms with Gasteiger partial charge in [0.05, 0.1) is 23.5 Å². The van der Waals surface area contributed by atoms with Gasteiger partial charge in [0.2, 0.25) is 5.91 Å². The molecule has 1 saturated heterocycles. The predicted octanol–water partition coefficient (Wildman–Crippen LogP) is 3.34. The van der Waals surface area contributed by atoms with Crippen molar-refractivity contribution in [2.24, 2.45) is 0 Å². The third-order valence-corrected chi connectivity index (χ3v) is 3.95. The largest absolute Gasteiger partial charge is 0.416 e. The van der Waals surface area contributed by atoms with Crippen LogP contribution in [0.5, 0.6) is 0 Å². The van der Waals surface area contributed by atoms with Crippen LogP contribution in [0.3, 0.4) is 0 Å². The number of amides is 3. The molecule has 3 N–H and O–H groups in total. The number of benzene rings is 1. The standard InChI is InChI=1S/C18H25F3N4O2/c1-17(2,3)24-16(27)23-15(26)11-22-13-10-12(18(19,20)21)6-7-14(13)25-8-4-5-9-25/h6-7,10,22H,4-5,8-9,11H2,1-3H3,(H2,23,24,26,27). The molecule has 0 saturated carbocycles. The van der Waals surface area contributed by atoms with Gasteiger partial charge in [-0.3, -0.25) is 10.1 Å². The number of halogens is 3. The summed E-state index contributed by atoms with van der Waals surface area (Å²) in [5.74, 6) is -0.637. The van der Waals surface area contributed by atoms with Gasteiger partial charge in [-0.1, -0.05) is 0 Å². The molecule has 1 aliphatic heterocycles. The van der Waals surface area contributed by atoms with E-state index in [9.17, 15) is 22.8 Å². The average Bonchev–Trinajstić information content (AvgIpc) is 3.04. The van der Waals surface area contributed by atoms with E-state index in [1.807, 2.05) is 4.90 Å². The van der Waals surface area contributed by atoms with Crippen LogP contribution in [0.25, 0.3) is 0 Å². The Morgan fingerprint density at radius 1 is 1.11 bits per heavy atom. The second-order valence-corrected chi connectivity index (χ2v) is 7.53. The highest BCUT2D eigenvalue weighted by molar-refractivity contribution is 5.96. The number of hydrogen-bond donors (Lipinski definition) is 3. The van der Waals surface area contributed by atoms with Gasteiger partial charge in [0.1, 0.15) is 0 Å². The minimum absolute atomic E-state index is 0.220. The summed E-state index contributed by atoms with van der Waals surface area (Å²) in [5.41, 5.74) is -0.466. The number of carbonyl (C=O) groups is 2. The quantitative estimate of drug-likeness (QED) is 0.742. The van der Waals surface area contributed by atoms with Crippen LogP contribution in [0.15, 0.2) is 18.2 Å². The fraction of sp³-hybridized carbons (Fsp3) is 0.556. The molecule has 1 fully saturated rings. The fourth-order valence-electron chi connectivity index (χ4n) is 2.81. The first kappa shape index (κ1) is 20.9. The molecule has 3 amide bonds. The normalized spacial score (nSPS) is 14.8. The summed E-state index contributed by atoms with van der Waals surface area (Å²) in [6, 6.07) is 2.80. The van der Waals surface area contributed by atoms with Gasteiger partial charge in [-0.05, 0) is 51.8 Å². The van der Waals surface area contributed by atoms with Crippen LogP contribution in [0.2, 0.25) is 0 Å². The molecule has 0 aromatic heterocycles. The Morgan fingerprint density at radius 2 is 1.74 bits per heavy atom. The zero-order valence-corrected chi connectivity index (χ0v) is 15.7. The Hall–Kier alpha value is -2.45. The van der Waals surface area contributed by atoms with Gasteiger partial charge in [0.15, 0.2) is 0 Å². The monoisotopic (exact) mass is 386 g/mol. The molecule has 1 heterocycles. The van der Waals surface area contributed by atoms with Crippen LogP contribution in [0.4, 0.5) is 29.3 Å². The van der Waals surface area contributed by atoms with Gasteiger partial charge >= 0.3 is 12.2 Å². The Morgan fingerprint density at radius 3 is 2.30 bits per heavy atom. The van der Waals surface area contributed by atoms with Gasteiger partial charge in [-0.15, -0.1) is 0 Å². The highest BCUT2D eigenvalue weighted by Gasteiger charge is 2.31. The molecule has 0 spiro atoms. The minimum atomic E-state index is -4.48. The molecular formula is C18H25F3N4O2. The first-order valence-electron chi connectivity index (χ1n) is 8.78. The fourth-order valence-corrected chi connectivity index (χ4v) is 2.81. The van der Waals surface area contributed by atoms with E-state index in [1.54, 1.807) is 20.8 Å². The predicted molar refractivity (Wildman–Crippen MR) is 97.8 cm³/mol. The maximum Gasteiger partial charge on any atom is 0.416 e. The van der Waals surface area contributed by atoms with Crippen molar-refractivity contribution >= 4 is 23.3 Å². The molecular weight excluding hydrogens is 361 g/mol. The maximum atomic E-state index is 13.0. The zero-order valence-electron chi connectivity index (χ0n) is 15.7. The van der Waals surface area contributed by atoms with Crippen molar-refractivity contribution in [3.63, 3.8) is 0 Å². The number of nitrogens with zero attached hydrogens (tertiary/aromatic N) is 1. The second kappa shape index (κ2) is 8.06. The number of anilines is 2. The Labute approximate surface area is 156 Å². The Bertz CT molecular complexity index is 693. The van der Waals surface area contributed by atoms with Crippen LogP contribution in [-0.4, -0.2) is 37.1 Å². The number of nitrogens with one attached hydrogen (secondary N) is 3. The summed E-state index contributed by atoms with van der Waals surface area (Å²) in [7, 11) is 0. The Balaban J connectivity index is 2.08. The van der Waals surface area contributed by atoms with Crippen LogP contribution in [0.1, 0.15) is 39.2 Å². The van der Waals surface area contributed by atoms with Gasteiger partial charge in [-0.2, -0.15) is 13.2 Å². The number of rotatable bonds is 4. The molecule has 0 aliphatic carbocycles. The lowest BCUT2D eigenvalue weighted by atomic mass is 10.1. The van der Waals surface area contributed by atoms with Gasteiger partial charge in [0, 0.05) is 18.6 Å². The van der Waals surface area contributed by atoms with Crippen molar-refractivity contribution in [3.05, 3.63) is 23.8 Å². The lowest BCUT2D eigenvalue weighted by Crippen LogP contribution is -2.49. The molecule has 2 rings (SSSR count). The van der Waals surface area contributed by atoms with Crippen LogP contribution in [0, 0.1) is 0 Å². The van der Waals surface area contributed by atoms with E-state index in [1.165, 1.54) is 6.07 Å². The van der Waals surface area contributed by atoms with E-state index < -0.39 is 29.2 Å². The smallest absolute Gasteiger partial charge is 0.374 e. The summed E-state index contributed by atoms with van der Waals surface area (Å²) < 4.78 is 39.1. The molecule has 6 nitrogen and oxygen atoms in total. The summed E-state index contributed by atoms with van der Waals surface area (Å²) in [6.45, 7) is 6.47. The summed E-state index contributed by atoms with van der Waals surface area (Å²) >= 11 is 0. The van der Waals surface area contributed by atoms with E-state index in [0.717, 1.165) is 38.1 Å². The average molecular weight is 386 g/mol. The lowest BCUT2D eigenvalue weighted by molar-refractivity contribution is -0.137. The molecule has 150 valence electrons. The van der Waals surface area contributed by atoms with Crippen molar-refractivity contribution in [3.8, 4) is 0 Å². The molecule has 1 aromatic carbocycles. The van der Waals surface area contributed by atoms with E-state index in [0.29, 0.717) is 5.69 Å². The molecule has 1 aromatic rings. The highest BCUT2D eigenvalue weighted by Crippen LogP contribution is 2.36. The number of hydrogen-bond acceptors (Lipinski definition) is 4. The van der Waals surface area contributed by atoms with Crippen LogP contribution >= 0.6 is 0 Å². The van der Waals surface area contributed by atoms with Crippen LogP contribution < -0.4 is 20.9 Å². The minimum Gasteiger partial charge on any atom is -0.374 e. The van der Waals surface area contributed by atoms with Gasteiger partial charge in [0.25, 0.3) is 0 Å². The van der Waals surface area contributed by atoms with Gasteiger partial charge in [-0.25, -0.2) is 4.79 Å². The van der Waals surface area contributed by atoms with Crippen molar-refractivity contribution in [1.82, 2.24) is 10.6 Å². The summed E-state index contributed by atoms with van der Waals surface area (Å²) in [4.78, 5) is 25.6. The third-order valence-electron chi connectivity index (χ3n) is 3.95. The Kier molecular flexibility index (Phi) is 6.22. The molecule has 1 aliphatic rings. The number of urea groups is 1. The first-order chi connectivity index (χ1) is 12.5. The molecule has 0 atom stereocenters. The number of carbonyl (C=O) groups excluding carboxylic acids is 2. The van der Waals surface area contributed by atoms with E-state index in [-0.39, 0.29) is 12.2 Å². The van der Waals surface area contributed by atoms with Crippen molar-refractivity contribution < 1.29 is 22.8 Å². The highest BCUT2D eigenvalue weighted by atomic mass is 19.4. The van der Waals surface area contributed by atoms with Crippen LogP contribution in [-0.2, 0) is 11.0 Å². The van der Waals surface area contributed by atoms with Crippen molar-refractivity contribution in [1.29, 1.82) is 0 Å². The lowest BCUT2D eigenvalue weighted by Gasteiger charge is -2.23. The number of alkyl halides is 3. The maximum absolute atomic E-state index is 13.0.